The van der Waals surface area contributed by atoms with Crippen LogP contribution < -0.4 is 0 Å². The molecule has 0 saturated carbocycles. The lowest BCUT2D eigenvalue weighted by atomic mass is 10.1. The molecular formula is C9H8ClF3N4O2. The maximum absolute atomic E-state index is 12.7. The maximum atomic E-state index is 12.7. The number of amides is 1. The van der Waals surface area contributed by atoms with E-state index in [0.717, 1.165) is 10.9 Å². The van der Waals surface area contributed by atoms with Gasteiger partial charge in [-0.3, -0.25) is 9.48 Å². The minimum absolute atomic E-state index is 0.0165. The van der Waals surface area contributed by atoms with Gasteiger partial charge in [0.05, 0.1) is 11.2 Å². The first-order chi connectivity index (χ1) is 8.74. The van der Waals surface area contributed by atoms with Gasteiger partial charge in [0.15, 0.2) is 0 Å². The zero-order chi connectivity index (χ0) is 14.3. The lowest BCUT2D eigenvalue weighted by Crippen LogP contribution is -2.57. The molecule has 1 aliphatic rings. The van der Waals surface area contributed by atoms with Gasteiger partial charge in [-0.25, -0.2) is 0 Å². The third kappa shape index (κ3) is 2.43. The van der Waals surface area contributed by atoms with Crippen molar-refractivity contribution in [3.8, 4) is 0 Å². The summed E-state index contributed by atoms with van der Waals surface area (Å²) in [4.78, 5) is 11.7. The molecule has 104 valence electrons. The molecule has 2 heterocycles. The van der Waals surface area contributed by atoms with E-state index in [1.165, 1.54) is 12.4 Å². The van der Waals surface area contributed by atoms with Gasteiger partial charge in [-0.05, 0) is 0 Å². The number of carbonyl (C=O) groups excluding carboxylic acids is 1. The third-order valence-corrected chi connectivity index (χ3v) is 2.71. The zero-order valence-electron chi connectivity index (χ0n) is 9.30. The van der Waals surface area contributed by atoms with Crippen LogP contribution >= 0.6 is 11.6 Å². The number of aromatic nitrogens is 2. The molecule has 0 aliphatic carbocycles. The average Bonchev–Trinajstić information content (AvgIpc) is 2.85. The van der Waals surface area contributed by atoms with Crippen molar-refractivity contribution in [3.63, 3.8) is 0 Å². The number of hydrazone groups is 1. The summed E-state index contributed by atoms with van der Waals surface area (Å²) in [6, 6.07) is 0. The first kappa shape index (κ1) is 13.8. The van der Waals surface area contributed by atoms with Gasteiger partial charge in [0.1, 0.15) is 6.54 Å². The Balaban J connectivity index is 2.16. The number of nitrogens with zero attached hydrogens (tertiary/aromatic N) is 4. The first-order valence-corrected chi connectivity index (χ1v) is 5.44. The number of hydrogen-bond donors (Lipinski definition) is 1. The van der Waals surface area contributed by atoms with E-state index in [1.807, 2.05) is 0 Å². The summed E-state index contributed by atoms with van der Waals surface area (Å²) in [6.45, 7) is -0.511. The van der Waals surface area contributed by atoms with E-state index in [1.54, 1.807) is 0 Å². The fourth-order valence-corrected chi connectivity index (χ4v) is 1.72. The van der Waals surface area contributed by atoms with Crippen LogP contribution in [0.5, 0.6) is 0 Å². The number of alkyl halides is 3. The molecule has 0 saturated heterocycles. The number of aliphatic hydroxyl groups is 1. The van der Waals surface area contributed by atoms with Crippen molar-refractivity contribution in [2.75, 3.05) is 0 Å². The monoisotopic (exact) mass is 296 g/mol. The number of hydrogen-bond acceptors (Lipinski definition) is 4. The van der Waals surface area contributed by atoms with Crippen LogP contribution in [0.15, 0.2) is 17.5 Å². The molecule has 10 heteroatoms. The molecule has 0 radical (unpaired) electrons. The molecule has 1 aliphatic heterocycles. The second-order valence-electron chi connectivity index (χ2n) is 3.88. The van der Waals surface area contributed by atoms with E-state index in [9.17, 15) is 23.1 Å². The van der Waals surface area contributed by atoms with Gasteiger partial charge in [0.2, 0.25) is 0 Å². The minimum atomic E-state index is -5.00. The topological polar surface area (TPSA) is 70.7 Å². The van der Waals surface area contributed by atoms with E-state index in [2.05, 4.69) is 10.2 Å². The summed E-state index contributed by atoms with van der Waals surface area (Å²) < 4.78 is 39.2. The van der Waals surface area contributed by atoms with Crippen LogP contribution in [0.3, 0.4) is 0 Å². The Hall–Kier alpha value is -1.61. The molecule has 1 unspecified atom stereocenters. The van der Waals surface area contributed by atoms with Crippen LogP contribution in [0.2, 0.25) is 5.02 Å². The smallest absolute Gasteiger partial charge is 0.362 e. The van der Waals surface area contributed by atoms with E-state index >= 15 is 0 Å². The average molecular weight is 297 g/mol. The van der Waals surface area contributed by atoms with Crippen LogP contribution in [-0.2, 0) is 11.3 Å². The molecule has 0 spiro atoms. The summed E-state index contributed by atoms with van der Waals surface area (Å²) in [5.74, 6) is -1.05. The molecular weight excluding hydrogens is 289 g/mol. The summed E-state index contributed by atoms with van der Waals surface area (Å²) in [6.07, 6.45) is -2.46. The van der Waals surface area contributed by atoms with Crippen LogP contribution in [0, 0.1) is 0 Å². The van der Waals surface area contributed by atoms with E-state index in [0.29, 0.717) is 0 Å². The van der Waals surface area contributed by atoms with Crippen LogP contribution in [-0.4, -0.2) is 43.9 Å². The Labute approximate surface area is 110 Å². The predicted molar refractivity (Wildman–Crippen MR) is 58.2 cm³/mol. The lowest BCUT2D eigenvalue weighted by Gasteiger charge is -2.32. The Morgan fingerprint density at radius 3 is 2.79 bits per heavy atom. The molecule has 19 heavy (non-hydrogen) atoms. The standard InChI is InChI=1S/C9H8ClF3N4O2/c10-6-3-15-16(4-6)5-7(18)17-8(19,1-2-14-17)9(11,12)13/h2-4,19H,1,5H2. The molecule has 1 aromatic rings. The maximum Gasteiger partial charge on any atom is 0.438 e. The van der Waals surface area contributed by atoms with Crippen molar-refractivity contribution in [2.24, 2.45) is 5.10 Å². The van der Waals surface area contributed by atoms with Gasteiger partial charge in [0, 0.05) is 18.8 Å². The van der Waals surface area contributed by atoms with Crippen molar-refractivity contribution >= 4 is 23.7 Å². The van der Waals surface area contributed by atoms with Crippen LogP contribution in [0.25, 0.3) is 0 Å². The molecule has 1 amide bonds. The summed E-state index contributed by atoms with van der Waals surface area (Å²) >= 11 is 5.56. The number of carbonyl (C=O) groups is 1. The highest BCUT2D eigenvalue weighted by Crippen LogP contribution is 2.38. The second kappa shape index (κ2) is 4.49. The highest BCUT2D eigenvalue weighted by atomic mass is 35.5. The fraction of sp³-hybridized carbons (Fsp3) is 0.444. The van der Waals surface area contributed by atoms with Gasteiger partial charge >= 0.3 is 6.18 Å². The van der Waals surface area contributed by atoms with Gasteiger partial charge in [-0.2, -0.15) is 28.4 Å². The van der Waals surface area contributed by atoms with Crippen molar-refractivity contribution in [1.29, 1.82) is 0 Å². The van der Waals surface area contributed by atoms with Crippen LogP contribution in [0.1, 0.15) is 6.42 Å². The van der Waals surface area contributed by atoms with E-state index in [-0.39, 0.29) is 10.0 Å². The lowest BCUT2D eigenvalue weighted by molar-refractivity contribution is -0.302. The van der Waals surface area contributed by atoms with Gasteiger partial charge in [-0.15, -0.1) is 0 Å². The molecule has 1 N–H and O–H groups in total. The largest absolute Gasteiger partial charge is 0.438 e. The second-order valence-corrected chi connectivity index (χ2v) is 4.31. The SMILES string of the molecule is O=C(Cn1cc(Cl)cn1)N1N=CCC1(O)C(F)(F)F. The highest BCUT2D eigenvalue weighted by Gasteiger charge is 2.61. The number of halogens is 4. The minimum Gasteiger partial charge on any atom is -0.362 e. The third-order valence-electron chi connectivity index (χ3n) is 2.51. The quantitative estimate of drug-likeness (QED) is 0.885. The summed E-state index contributed by atoms with van der Waals surface area (Å²) in [7, 11) is 0. The Kier molecular flexibility index (Phi) is 3.27. The molecule has 1 aromatic heterocycles. The van der Waals surface area contributed by atoms with Crippen molar-refractivity contribution in [2.45, 2.75) is 24.9 Å². The van der Waals surface area contributed by atoms with Crippen molar-refractivity contribution in [1.82, 2.24) is 14.8 Å². The Morgan fingerprint density at radius 2 is 2.26 bits per heavy atom. The van der Waals surface area contributed by atoms with Gasteiger partial charge in [0.25, 0.3) is 11.6 Å². The fourth-order valence-electron chi connectivity index (χ4n) is 1.57. The van der Waals surface area contributed by atoms with E-state index < -0.39 is 30.8 Å². The first-order valence-electron chi connectivity index (χ1n) is 5.06. The summed E-state index contributed by atoms with van der Waals surface area (Å²) in [5, 5.41) is 16.7. The van der Waals surface area contributed by atoms with Crippen LogP contribution in [0.4, 0.5) is 13.2 Å². The molecule has 0 fully saturated rings. The molecule has 1 atom stereocenters. The summed E-state index contributed by atoms with van der Waals surface area (Å²) in [5.41, 5.74) is -3.30. The van der Waals surface area contributed by atoms with Crippen molar-refractivity contribution < 1.29 is 23.1 Å². The van der Waals surface area contributed by atoms with Crippen molar-refractivity contribution in [3.05, 3.63) is 17.4 Å². The normalized spacial score (nSPS) is 23.1. The Bertz CT molecular complexity index is 530. The Morgan fingerprint density at radius 1 is 1.58 bits per heavy atom. The zero-order valence-corrected chi connectivity index (χ0v) is 10.1. The van der Waals surface area contributed by atoms with Gasteiger partial charge < -0.3 is 5.11 Å². The predicted octanol–water partition coefficient (Wildman–Crippen LogP) is 1.01. The number of rotatable bonds is 2. The molecule has 6 nitrogen and oxygen atoms in total. The molecule has 2 rings (SSSR count). The molecule has 0 bridgehead atoms. The molecule has 0 aromatic carbocycles. The van der Waals surface area contributed by atoms with E-state index in [4.69, 9.17) is 11.6 Å². The highest BCUT2D eigenvalue weighted by molar-refractivity contribution is 6.30. The van der Waals surface area contributed by atoms with Gasteiger partial charge in [-0.1, -0.05) is 11.6 Å².